The van der Waals surface area contributed by atoms with Crippen molar-refractivity contribution in [3.8, 4) is 0 Å². The minimum atomic E-state index is 0.992. The molecule has 0 saturated carbocycles. The van der Waals surface area contributed by atoms with E-state index in [1.165, 1.54) is 33.1 Å². The van der Waals surface area contributed by atoms with E-state index in [2.05, 4.69) is 97.2 Å². The molecule has 0 aliphatic heterocycles. The number of nitrogens with zero attached hydrogens (tertiary/aromatic N) is 1. The van der Waals surface area contributed by atoms with Crippen molar-refractivity contribution in [1.82, 2.24) is 0 Å². The van der Waals surface area contributed by atoms with Gasteiger partial charge in [0.2, 0.25) is 0 Å². The Morgan fingerprint density at radius 2 is 1.65 bits per heavy atom. The molecule has 0 bridgehead atoms. The normalized spacial score (nSPS) is 14.3. The maximum atomic E-state index is 4.48. The van der Waals surface area contributed by atoms with E-state index in [-0.39, 0.29) is 0 Å². The quantitative estimate of drug-likeness (QED) is 0.431. The van der Waals surface area contributed by atoms with Gasteiger partial charge in [0.1, 0.15) is 0 Å². The van der Waals surface area contributed by atoms with Crippen LogP contribution in [-0.4, -0.2) is 6.21 Å². The van der Waals surface area contributed by atoms with E-state index in [0.717, 1.165) is 17.7 Å². The Labute approximate surface area is 154 Å². The lowest BCUT2D eigenvalue weighted by molar-refractivity contribution is 1.34. The monoisotopic (exact) mass is 338 g/mol. The number of rotatable bonds is 4. The highest BCUT2D eigenvalue weighted by molar-refractivity contribution is 5.91. The molecule has 0 aromatic heterocycles. The number of hydrogen-bond acceptors (Lipinski definition) is 2. The second-order valence-electron chi connectivity index (χ2n) is 6.71. The standard InChI is InChI=1S/C24H22N2/c1-17-11-14-23(18(17)2)24-10-6-5-9-21(24)16-25-26-22-13-12-19-7-3-4-8-20(19)15-22/h3-13,15-16,26H,14H2,1-2H3. The van der Waals surface area contributed by atoms with Gasteiger partial charge in [-0.3, -0.25) is 5.43 Å². The Hall–Kier alpha value is -3.13. The molecule has 0 unspecified atom stereocenters. The topological polar surface area (TPSA) is 24.4 Å². The Bertz CT molecular complexity index is 1050. The van der Waals surface area contributed by atoms with E-state index >= 15 is 0 Å². The summed E-state index contributed by atoms with van der Waals surface area (Å²) in [5, 5.41) is 6.92. The third-order valence-electron chi connectivity index (χ3n) is 5.09. The first-order valence-electron chi connectivity index (χ1n) is 8.96. The first-order valence-corrected chi connectivity index (χ1v) is 8.96. The number of benzene rings is 3. The van der Waals surface area contributed by atoms with Crippen molar-refractivity contribution < 1.29 is 0 Å². The second-order valence-corrected chi connectivity index (χ2v) is 6.71. The zero-order valence-electron chi connectivity index (χ0n) is 15.2. The van der Waals surface area contributed by atoms with Crippen molar-refractivity contribution in [3.05, 3.63) is 95.1 Å². The Morgan fingerprint density at radius 3 is 2.46 bits per heavy atom. The summed E-state index contributed by atoms with van der Waals surface area (Å²) in [4.78, 5) is 0. The summed E-state index contributed by atoms with van der Waals surface area (Å²) in [5.41, 5.74) is 10.7. The predicted octanol–water partition coefficient (Wildman–Crippen LogP) is 6.41. The highest BCUT2D eigenvalue weighted by Crippen LogP contribution is 2.34. The molecule has 26 heavy (non-hydrogen) atoms. The molecular formula is C24H22N2. The van der Waals surface area contributed by atoms with Crippen molar-refractivity contribution in [2.45, 2.75) is 20.3 Å². The minimum absolute atomic E-state index is 0.992. The SMILES string of the molecule is CC1=CCC(c2ccccc2C=NNc2ccc3ccccc3c2)=C1C. The molecule has 2 heteroatoms. The van der Waals surface area contributed by atoms with Crippen LogP contribution in [0.1, 0.15) is 31.4 Å². The van der Waals surface area contributed by atoms with Gasteiger partial charge in [-0.25, -0.2) is 0 Å². The Kier molecular flexibility index (Phi) is 4.40. The third kappa shape index (κ3) is 3.18. The zero-order valence-corrected chi connectivity index (χ0v) is 15.2. The summed E-state index contributed by atoms with van der Waals surface area (Å²) in [6.07, 6.45) is 5.21. The number of anilines is 1. The van der Waals surface area contributed by atoms with Crippen molar-refractivity contribution in [1.29, 1.82) is 0 Å². The zero-order chi connectivity index (χ0) is 17.9. The van der Waals surface area contributed by atoms with Gasteiger partial charge in [0.05, 0.1) is 11.9 Å². The van der Waals surface area contributed by atoms with Crippen LogP contribution in [0.15, 0.2) is 89.1 Å². The number of nitrogens with one attached hydrogen (secondary N) is 1. The summed E-state index contributed by atoms with van der Waals surface area (Å²) >= 11 is 0. The fourth-order valence-corrected chi connectivity index (χ4v) is 3.43. The first-order chi connectivity index (χ1) is 12.7. The average molecular weight is 338 g/mol. The van der Waals surface area contributed by atoms with Gasteiger partial charge in [-0.15, -0.1) is 0 Å². The highest BCUT2D eigenvalue weighted by Gasteiger charge is 2.14. The van der Waals surface area contributed by atoms with Gasteiger partial charge in [-0.1, -0.05) is 66.2 Å². The molecule has 128 valence electrons. The fourth-order valence-electron chi connectivity index (χ4n) is 3.43. The van der Waals surface area contributed by atoms with Crippen LogP contribution >= 0.6 is 0 Å². The van der Waals surface area contributed by atoms with Crippen LogP contribution in [0.3, 0.4) is 0 Å². The lowest BCUT2D eigenvalue weighted by Gasteiger charge is -2.09. The maximum absolute atomic E-state index is 4.48. The fraction of sp³-hybridized carbons (Fsp3) is 0.125. The van der Waals surface area contributed by atoms with Gasteiger partial charge in [-0.05, 0) is 59.9 Å². The van der Waals surface area contributed by atoms with Gasteiger partial charge < -0.3 is 0 Å². The summed E-state index contributed by atoms with van der Waals surface area (Å²) in [6.45, 7) is 4.38. The van der Waals surface area contributed by atoms with Gasteiger partial charge in [-0.2, -0.15) is 5.10 Å². The van der Waals surface area contributed by atoms with Crippen LogP contribution in [-0.2, 0) is 0 Å². The molecule has 1 aliphatic rings. The van der Waals surface area contributed by atoms with Crippen LogP contribution in [0.5, 0.6) is 0 Å². The van der Waals surface area contributed by atoms with Crippen LogP contribution in [0.2, 0.25) is 0 Å². The van der Waals surface area contributed by atoms with E-state index in [1.807, 2.05) is 6.21 Å². The van der Waals surface area contributed by atoms with Crippen molar-refractivity contribution >= 4 is 28.2 Å². The number of hydrazone groups is 1. The van der Waals surface area contributed by atoms with Gasteiger partial charge in [0.25, 0.3) is 0 Å². The van der Waals surface area contributed by atoms with Crippen molar-refractivity contribution in [2.75, 3.05) is 5.43 Å². The van der Waals surface area contributed by atoms with E-state index in [0.29, 0.717) is 0 Å². The summed E-state index contributed by atoms with van der Waals surface area (Å²) < 4.78 is 0. The predicted molar refractivity (Wildman–Crippen MR) is 113 cm³/mol. The van der Waals surface area contributed by atoms with Crippen LogP contribution in [0, 0.1) is 0 Å². The summed E-state index contributed by atoms with van der Waals surface area (Å²) in [6, 6.07) is 23.1. The summed E-state index contributed by atoms with van der Waals surface area (Å²) in [5.74, 6) is 0. The summed E-state index contributed by atoms with van der Waals surface area (Å²) in [7, 11) is 0. The maximum Gasteiger partial charge on any atom is 0.0568 e. The van der Waals surface area contributed by atoms with Crippen molar-refractivity contribution in [3.63, 3.8) is 0 Å². The molecule has 4 rings (SSSR count). The lowest BCUT2D eigenvalue weighted by Crippen LogP contribution is -1.95. The van der Waals surface area contributed by atoms with Crippen LogP contribution in [0.25, 0.3) is 16.3 Å². The molecule has 0 atom stereocenters. The van der Waals surface area contributed by atoms with Crippen molar-refractivity contribution in [2.24, 2.45) is 5.10 Å². The van der Waals surface area contributed by atoms with Crippen LogP contribution in [0.4, 0.5) is 5.69 Å². The molecule has 0 saturated heterocycles. The minimum Gasteiger partial charge on any atom is -0.278 e. The lowest BCUT2D eigenvalue weighted by atomic mass is 9.96. The molecular weight excluding hydrogens is 316 g/mol. The molecule has 0 spiro atoms. The molecule has 0 radical (unpaired) electrons. The first kappa shape index (κ1) is 16.3. The number of fused-ring (bicyclic) bond motifs is 1. The molecule has 0 fully saturated rings. The molecule has 0 amide bonds. The molecule has 1 aliphatic carbocycles. The Morgan fingerprint density at radius 1 is 0.885 bits per heavy atom. The van der Waals surface area contributed by atoms with E-state index in [4.69, 9.17) is 0 Å². The Balaban J connectivity index is 1.57. The molecule has 2 nitrogen and oxygen atoms in total. The molecule has 3 aromatic rings. The molecule has 1 N–H and O–H groups in total. The van der Waals surface area contributed by atoms with E-state index in [9.17, 15) is 0 Å². The van der Waals surface area contributed by atoms with Gasteiger partial charge in [0, 0.05) is 5.56 Å². The van der Waals surface area contributed by atoms with E-state index in [1.54, 1.807) is 0 Å². The van der Waals surface area contributed by atoms with Gasteiger partial charge in [0.15, 0.2) is 0 Å². The van der Waals surface area contributed by atoms with Gasteiger partial charge >= 0.3 is 0 Å². The number of hydrogen-bond donors (Lipinski definition) is 1. The second kappa shape index (κ2) is 7.01. The molecule has 3 aromatic carbocycles. The third-order valence-corrected chi connectivity index (χ3v) is 5.09. The molecule has 0 heterocycles. The largest absolute Gasteiger partial charge is 0.278 e. The average Bonchev–Trinajstić information content (AvgIpc) is 3.01. The smallest absolute Gasteiger partial charge is 0.0568 e. The van der Waals surface area contributed by atoms with E-state index < -0.39 is 0 Å². The van der Waals surface area contributed by atoms with Crippen LogP contribution < -0.4 is 5.43 Å². The number of allylic oxidation sites excluding steroid dienone is 4. The highest BCUT2D eigenvalue weighted by atomic mass is 15.3.